The molecule has 0 rings (SSSR count). The second kappa shape index (κ2) is 19.5. The van der Waals surface area contributed by atoms with E-state index in [9.17, 15) is 4.79 Å². The molecule has 0 fully saturated rings. The summed E-state index contributed by atoms with van der Waals surface area (Å²) in [6, 6.07) is 0. The molecule has 0 saturated carbocycles. The molecule has 4 nitrogen and oxygen atoms in total. The van der Waals surface area contributed by atoms with Crippen molar-refractivity contribution in [2.45, 2.75) is 156 Å². The maximum Gasteiger partial charge on any atom is 0.316 e. The Hall–Kier alpha value is -0.596. The molecule has 0 aromatic rings. The molecule has 0 N–H and O–H groups in total. The van der Waals surface area contributed by atoms with Crippen LogP contribution in [0.5, 0.6) is 0 Å². The Labute approximate surface area is 221 Å². The fourth-order valence-electron chi connectivity index (χ4n) is 4.34. The van der Waals surface area contributed by atoms with Gasteiger partial charge in [0.05, 0.1) is 19.0 Å². The van der Waals surface area contributed by atoms with E-state index in [2.05, 4.69) is 59.2 Å². The van der Waals surface area contributed by atoms with Gasteiger partial charge in [0, 0.05) is 0 Å². The topological polar surface area (TPSA) is 44.8 Å². The SMILES string of the molecule is CCCCCCCCCCCC(C=C(O[Si](C)(C)C)[C@@H](CCCCCC)C(=O)OC)O[Si](C)(C)C. The van der Waals surface area contributed by atoms with Crippen LogP contribution in [0.1, 0.15) is 110 Å². The molecular formula is C29H60O4Si2. The minimum absolute atomic E-state index is 0.000341. The van der Waals surface area contributed by atoms with Crippen LogP contribution in [0, 0.1) is 5.92 Å². The van der Waals surface area contributed by atoms with Crippen molar-refractivity contribution in [3.8, 4) is 0 Å². The Bertz CT molecular complexity index is 564. The van der Waals surface area contributed by atoms with Gasteiger partial charge in [-0.1, -0.05) is 97.3 Å². The normalized spacial score (nSPS) is 14.6. The molecule has 6 heteroatoms. The smallest absolute Gasteiger partial charge is 0.316 e. The third-order valence-electron chi connectivity index (χ3n) is 6.05. The van der Waals surface area contributed by atoms with E-state index in [0.717, 1.165) is 37.9 Å². The highest BCUT2D eigenvalue weighted by Gasteiger charge is 2.31. The van der Waals surface area contributed by atoms with E-state index < -0.39 is 16.6 Å². The molecule has 1 unspecified atom stereocenters. The highest BCUT2D eigenvalue weighted by molar-refractivity contribution is 6.70. The number of esters is 1. The number of rotatable bonds is 22. The Balaban J connectivity index is 5.38. The minimum atomic E-state index is -1.90. The molecule has 0 aromatic carbocycles. The standard InChI is InChI=1S/C29H60O4Si2/c1-10-12-14-16-17-18-19-20-21-23-26(32-34(4,5)6)25-28(33-35(7,8)9)27(29(30)31-3)24-22-15-13-11-2/h25-27H,10-24H2,1-9H3/t26?,27-/m1/s1. The predicted molar refractivity (Wildman–Crippen MR) is 157 cm³/mol. The molecule has 0 aliphatic rings. The fraction of sp³-hybridized carbons (Fsp3) is 0.897. The molecule has 35 heavy (non-hydrogen) atoms. The first-order chi connectivity index (χ1) is 16.4. The average molecular weight is 529 g/mol. The first-order valence-electron chi connectivity index (χ1n) is 14.6. The van der Waals surface area contributed by atoms with Gasteiger partial charge in [0.25, 0.3) is 0 Å². The molecule has 0 aromatic heterocycles. The van der Waals surface area contributed by atoms with Crippen LogP contribution in [-0.4, -0.2) is 35.8 Å². The second-order valence-corrected chi connectivity index (χ2v) is 21.0. The molecule has 0 bridgehead atoms. The zero-order valence-electron chi connectivity index (χ0n) is 25.0. The molecule has 0 spiro atoms. The van der Waals surface area contributed by atoms with Crippen LogP contribution in [0.25, 0.3) is 0 Å². The minimum Gasteiger partial charge on any atom is -0.547 e. The molecular weight excluding hydrogens is 468 g/mol. The summed E-state index contributed by atoms with van der Waals surface area (Å²) in [6.07, 6.45) is 20.3. The number of unbranched alkanes of at least 4 members (excludes halogenated alkanes) is 11. The maximum atomic E-state index is 12.8. The molecule has 208 valence electrons. The maximum absolute atomic E-state index is 12.8. The summed E-state index contributed by atoms with van der Waals surface area (Å²) in [4.78, 5) is 12.8. The lowest BCUT2D eigenvalue weighted by atomic mass is 9.97. The molecule has 0 saturated heterocycles. The summed E-state index contributed by atoms with van der Waals surface area (Å²) in [5, 5.41) is 0. The highest BCUT2D eigenvalue weighted by atomic mass is 28.4. The first-order valence-corrected chi connectivity index (χ1v) is 21.4. The van der Waals surface area contributed by atoms with Crippen LogP contribution < -0.4 is 0 Å². The third kappa shape index (κ3) is 20.2. The predicted octanol–water partition coefficient (Wildman–Crippen LogP) is 9.62. The van der Waals surface area contributed by atoms with Crippen molar-refractivity contribution in [3.63, 3.8) is 0 Å². The van der Waals surface area contributed by atoms with E-state index in [1.165, 1.54) is 71.3 Å². The lowest BCUT2D eigenvalue weighted by Gasteiger charge is -2.30. The van der Waals surface area contributed by atoms with Crippen LogP contribution in [0.15, 0.2) is 11.8 Å². The average Bonchev–Trinajstić information content (AvgIpc) is 2.75. The molecule has 0 aliphatic heterocycles. The van der Waals surface area contributed by atoms with Gasteiger partial charge in [-0.25, -0.2) is 0 Å². The summed E-state index contributed by atoms with van der Waals surface area (Å²) in [6.45, 7) is 17.8. The van der Waals surface area contributed by atoms with Crippen molar-refractivity contribution in [2.24, 2.45) is 5.92 Å². The molecule has 0 heterocycles. The van der Waals surface area contributed by atoms with Crippen LogP contribution in [0.2, 0.25) is 39.3 Å². The molecule has 0 radical (unpaired) electrons. The zero-order chi connectivity index (χ0) is 26.7. The van der Waals surface area contributed by atoms with Crippen molar-refractivity contribution >= 4 is 22.6 Å². The van der Waals surface area contributed by atoms with E-state index in [0.29, 0.717) is 0 Å². The van der Waals surface area contributed by atoms with E-state index in [1.54, 1.807) is 0 Å². The number of carbonyl (C=O) groups is 1. The van der Waals surface area contributed by atoms with Gasteiger partial charge in [0.2, 0.25) is 8.32 Å². The van der Waals surface area contributed by atoms with Crippen molar-refractivity contribution in [1.29, 1.82) is 0 Å². The number of methoxy groups -OCH3 is 1. The van der Waals surface area contributed by atoms with Crippen molar-refractivity contribution in [1.82, 2.24) is 0 Å². The van der Waals surface area contributed by atoms with Gasteiger partial charge in [-0.3, -0.25) is 4.79 Å². The van der Waals surface area contributed by atoms with E-state index in [-0.39, 0.29) is 18.0 Å². The van der Waals surface area contributed by atoms with E-state index in [1.807, 2.05) is 0 Å². The van der Waals surface area contributed by atoms with Gasteiger partial charge < -0.3 is 13.6 Å². The van der Waals surface area contributed by atoms with Gasteiger partial charge in [0.1, 0.15) is 5.92 Å². The number of hydrogen-bond donors (Lipinski definition) is 0. The monoisotopic (exact) mass is 528 g/mol. The highest BCUT2D eigenvalue weighted by Crippen LogP contribution is 2.28. The first kappa shape index (κ1) is 34.4. The Morgan fingerprint density at radius 2 is 1.14 bits per heavy atom. The van der Waals surface area contributed by atoms with E-state index >= 15 is 0 Å². The quantitative estimate of drug-likeness (QED) is 0.0607. The molecule has 0 aliphatic carbocycles. The van der Waals surface area contributed by atoms with Crippen LogP contribution in [0.3, 0.4) is 0 Å². The van der Waals surface area contributed by atoms with Gasteiger partial charge in [0.15, 0.2) is 8.32 Å². The van der Waals surface area contributed by atoms with Crippen molar-refractivity contribution in [3.05, 3.63) is 11.8 Å². The lowest BCUT2D eigenvalue weighted by molar-refractivity contribution is -0.145. The zero-order valence-corrected chi connectivity index (χ0v) is 27.0. The summed E-state index contributed by atoms with van der Waals surface area (Å²) >= 11 is 0. The Morgan fingerprint density at radius 3 is 1.60 bits per heavy atom. The number of carbonyl (C=O) groups excluding carboxylic acids is 1. The summed E-state index contributed by atoms with van der Waals surface area (Å²) < 4.78 is 18.4. The summed E-state index contributed by atoms with van der Waals surface area (Å²) in [7, 11) is -2.16. The van der Waals surface area contributed by atoms with Crippen molar-refractivity contribution in [2.75, 3.05) is 7.11 Å². The molecule has 0 amide bonds. The van der Waals surface area contributed by atoms with Crippen LogP contribution in [0.4, 0.5) is 0 Å². The van der Waals surface area contributed by atoms with Gasteiger partial charge >= 0.3 is 5.97 Å². The largest absolute Gasteiger partial charge is 0.547 e. The summed E-state index contributed by atoms with van der Waals surface area (Å²) in [5.41, 5.74) is 0. The summed E-state index contributed by atoms with van der Waals surface area (Å²) in [5.74, 6) is 0.284. The number of ether oxygens (including phenoxy) is 1. The lowest BCUT2D eigenvalue weighted by Crippen LogP contribution is -2.34. The molecule has 2 atom stereocenters. The second-order valence-electron chi connectivity index (χ2n) is 12.1. The van der Waals surface area contributed by atoms with Crippen LogP contribution >= 0.6 is 0 Å². The van der Waals surface area contributed by atoms with Crippen molar-refractivity contribution < 1.29 is 18.4 Å². The van der Waals surface area contributed by atoms with Gasteiger partial charge in [-0.15, -0.1) is 0 Å². The van der Waals surface area contributed by atoms with Gasteiger partial charge in [-0.2, -0.15) is 0 Å². The number of hydrogen-bond acceptors (Lipinski definition) is 4. The fourth-order valence-corrected chi connectivity index (χ4v) is 6.35. The van der Waals surface area contributed by atoms with Crippen LogP contribution in [-0.2, 0) is 18.4 Å². The van der Waals surface area contributed by atoms with E-state index in [4.69, 9.17) is 13.6 Å². The van der Waals surface area contributed by atoms with Gasteiger partial charge in [-0.05, 0) is 58.2 Å². The third-order valence-corrected chi connectivity index (χ3v) is 7.90. The Morgan fingerprint density at radius 1 is 0.686 bits per heavy atom. The Kier molecular flexibility index (Phi) is 19.2.